The predicted molar refractivity (Wildman–Crippen MR) is 71.2 cm³/mol. The average molecular weight is 264 g/mol. The first-order valence-corrected chi connectivity index (χ1v) is 6.92. The summed E-state index contributed by atoms with van der Waals surface area (Å²) in [5.74, 6) is 0.980. The third-order valence-corrected chi connectivity index (χ3v) is 3.95. The van der Waals surface area contributed by atoms with E-state index in [0.717, 1.165) is 24.5 Å². The Hall–Kier alpha value is -0.190. The molecule has 0 saturated heterocycles. The summed E-state index contributed by atoms with van der Waals surface area (Å²) in [7, 11) is 3.39. The molecular formula is C10H14ClNOS2. The number of nitrogens with one attached hydrogen (secondary N) is 1. The maximum Gasteiger partial charge on any atom is 0.144 e. The van der Waals surface area contributed by atoms with Gasteiger partial charge < -0.3 is 9.46 Å². The van der Waals surface area contributed by atoms with Crippen LogP contribution in [0.3, 0.4) is 0 Å². The Labute approximate surface area is 104 Å². The van der Waals surface area contributed by atoms with Gasteiger partial charge in [-0.15, -0.1) is 12.4 Å². The topological polar surface area (TPSA) is 21.3 Å². The molecule has 0 bridgehead atoms. The summed E-state index contributed by atoms with van der Waals surface area (Å²) in [4.78, 5) is 1.27. The number of hydrogen-bond donors (Lipinski definition) is 1. The van der Waals surface area contributed by atoms with Crippen LogP contribution >= 0.6 is 34.2 Å². The first-order chi connectivity index (χ1) is 6.92. The summed E-state index contributed by atoms with van der Waals surface area (Å²) in [6.45, 7) is 2.98. The van der Waals surface area contributed by atoms with Gasteiger partial charge in [0.25, 0.3) is 0 Å². The van der Waals surface area contributed by atoms with E-state index < -0.39 is 0 Å². The third kappa shape index (κ3) is 3.13. The van der Waals surface area contributed by atoms with Crippen molar-refractivity contribution in [2.45, 2.75) is 24.7 Å². The molecule has 15 heavy (non-hydrogen) atoms. The standard InChI is InChI=1S/C10H13NOS2.ClH/c1-2-3-7-12-8-5-4-6-9-10(8)11-14-13-9;/h4-6,11H,2-3,7H2,1H3;1H. The van der Waals surface area contributed by atoms with E-state index in [1.807, 2.05) is 12.1 Å². The van der Waals surface area contributed by atoms with Crippen LogP contribution in [0.2, 0.25) is 0 Å². The Kier molecular flexibility index (Phi) is 5.50. The maximum absolute atomic E-state index is 5.70. The molecule has 0 atom stereocenters. The SMILES string of the molecule is CCCCOc1cccc2c1NSS2.Cl. The molecule has 0 unspecified atom stereocenters. The number of para-hydroxylation sites is 1. The minimum atomic E-state index is 0. The number of hydrogen-bond acceptors (Lipinski definition) is 4. The normalized spacial score (nSPS) is 12.6. The smallest absolute Gasteiger partial charge is 0.144 e. The highest BCUT2D eigenvalue weighted by molar-refractivity contribution is 8.77. The van der Waals surface area contributed by atoms with E-state index in [1.54, 1.807) is 21.8 Å². The summed E-state index contributed by atoms with van der Waals surface area (Å²) in [5.41, 5.74) is 1.14. The van der Waals surface area contributed by atoms with E-state index in [4.69, 9.17) is 4.74 Å². The molecule has 1 aliphatic rings. The van der Waals surface area contributed by atoms with Gasteiger partial charge in [-0.05, 0) is 29.3 Å². The van der Waals surface area contributed by atoms with Crippen molar-refractivity contribution in [2.24, 2.45) is 0 Å². The molecule has 1 heterocycles. The number of fused-ring (bicyclic) bond motifs is 1. The molecule has 0 fully saturated rings. The van der Waals surface area contributed by atoms with Gasteiger partial charge in [-0.1, -0.05) is 19.4 Å². The van der Waals surface area contributed by atoms with E-state index in [0.29, 0.717) is 0 Å². The lowest BCUT2D eigenvalue weighted by Crippen LogP contribution is -1.98. The molecule has 1 N–H and O–H groups in total. The van der Waals surface area contributed by atoms with Crippen molar-refractivity contribution >= 4 is 39.9 Å². The lowest BCUT2D eigenvalue weighted by atomic mass is 10.3. The Bertz CT molecular complexity index is 322. The van der Waals surface area contributed by atoms with Gasteiger partial charge in [0.1, 0.15) is 11.4 Å². The molecule has 2 rings (SSSR count). The molecule has 0 aliphatic carbocycles. The van der Waals surface area contributed by atoms with E-state index in [-0.39, 0.29) is 12.4 Å². The molecule has 0 spiro atoms. The first kappa shape index (κ1) is 12.9. The fraction of sp³-hybridized carbons (Fsp3) is 0.400. The Balaban J connectivity index is 0.00000112. The number of benzene rings is 1. The molecular weight excluding hydrogens is 250 g/mol. The van der Waals surface area contributed by atoms with E-state index in [1.165, 1.54) is 11.3 Å². The van der Waals surface area contributed by atoms with Crippen molar-refractivity contribution in [2.75, 3.05) is 11.3 Å². The third-order valence-electron chi connectivity index (χ3n) is 2.02. The number of unbranched alkanes of at least 4 members (excludes halogenated alkanes) is 1. The van der Waals surface area contributed by atoms with Crippen molar-refractivity contribution in [1.82, 2.24) is 0 Å². The molecule has 0 aromatic heterocycles. The maximum atomic E-state index is 5.70. The zero-order valence-electron chi connectivity index (χ0n) is 8.49. The van der Waals surface area contributed by atoms with Crippen LogP contribution in [-0.2, 0) is 0 Å². The summed E-state index contributed by atoms with van der Waals surface area (Å²) < 4.78 is 8.95. The summed E-state index contributed by atoms with van der Waals surface area (Å²) >= 11 is 0. The van der Waals surface area contributed by atoms with Crippen LogP contribution in [0.4, 0.5) is 5.69 Å². The second kappa shape index (κ2) is 6.40. The monoisotopic (exact) mass is 263 g/mol. The van der Waals surface area contributed by atoms with Crippen molar-refractivity contribution in [3.05, 3.63) is 18.2 Å². The van der Waals surface area contributed by atoms with Crippen LogP contribution < -0.4 is 9.46 Å². The van der Waals surface area contributed by atoms with Gasteiger partial charge in [-0.2, -0.15) is 0 Å². The van der Waals surface area contributed by atoms with Gasteiger partial charge >= 0.3 is 0 Å². The van der Waals surface area contributed by atoms with Crippen LogP contribution in [-0.4, -0.2) is 6.61 Å². The zero-order chi connectivity index (χ0) is 9.80. The van der Waals surface area contributed by atoms with Crippen LogP contribution in [0.5, 0.6) is 5.75 Å². The summed E-state index contributed by atoms with van der Waals surface area (Å²) in [5, 5.41) is 0. The fourth-order valence-corrected chi connectivity index (χ4v) is 3.16. The summed E-state index contributed by atoms with van der Waals surface area (Å²) in [6, 6.07) is 6.17. The molecule has 0 saturated carbocycles. The van der Waals surface area contributed by atoms with Gasteiger partial charge in [-0.25, -0.2) is 0 Å². The molecule has 0 amide bonds. The Morgan fingerprint density at radius 3 is 3.07 bits per heavy atom. The number of anilines is 1. The van der Waals surface area contributed by atoms with E-state index >= 15 is 0 Å². The van der Waals surface area contributed by atoms with Crippen LogP contribution in [0.1, 0.15) is 19.8 Å². The molecule has 2 nitrogen and oxygen atoms in total. The molecule has 5 heteroatoms. The molecule has 1 aromatic rings. The van der Waals surface area contributed by atoms with Crippen LogP contribution in [0, 0.1) is 0 Å². The van der Waals surface area contributed by atoms with Crippen molar-refractivity contribution < 1.29 is 4.74 Å². The van der Waals surface area contributed by atoms with Gasteiger partial charge in [0.2, 0.25) is 0 Å². The largest absolute Gasteiger partial charge is 0.491 e. The molecule has 0 radical (unpaired) electrons. The van der Waals surface area contributed by atoms with E-state index in [9.17, 15) is 0 Å². The minimum absolute atomic E-state index is 0. The lowest BCUT2D eigenvalue weighted by molar-refractivity contribution is 0.310. The van der Waals surface area contributed by atoms with E-state index in [2.05, 4.69) is 17.7 Å². The van der Waals surface area contributed by atoms with Crippen LogP contribution in [0.25, 0.3) is 0 Å². The molecule has 1 aliphatic heterocycles. The predicted octanol–water partition coefficient (Wildman–Crippen LogP) is 4.37. The molecule has 84 valence electrons. The first-order valence-electron chi connectivity index (χ1n) is 4.77. The van der Waals surface area contributed by atoms with Gasteiger partial charge in [0.05, 0.1) is 6.61 Å². The minimum Gasteiger partial charge on any atom is -0.491 e. The summed E-state index contributed by atoms with van der Waals surface area (Å²) in [6.07, 6.45) is 2.29. The number of ether oxygens (including phenoxy) is 1. The lowest BCUT2D eigenvalue weighted by Gasteiger charge is -2.08. The van der Waals surface area contributed by atoms with Gasteiger partial charge in [0, 0.05) is 15.9 Å². The fourth-order valence-electron chi connectivity index (χ4n) is 1.24. The van der Waals surface area contributed by atoms with Crippen LogP contribution in [0.15, 0.2) is 23.1 Å². The van der Waals surface area contributed by atoms with Gasteiger partial charge in [-0.3, -0.25) is 0 Å². The molecule has 1 aromatic carbocycles. The second-order valence-corrected chi connectivity index (χ2v) is 5.08. The average Bonchev–Trinajstić information content (AvgIpc) is 2.67. The van der Waals surface area contributed by atoms with Gasteiger partial charge in [0.15, 0.2) is 0 Å². The highest BCUT2D eigenvalue weighted by atomic mass is 35.5. The number of halogens is 1. The van der Waals surface area contributed by atoms with Crippen molar-refractivity contribution in [3.63, 3.8) is 0 Å². The van der Waals surface area contributed by atoms with Crippen molar-refractivity contribution in [3.8, 4) is 5.75 Å². The highest BCUT2D eigenvalue weighted by Crippen LogP contribution is 2.48. The zero-order valence-corrected chi connectivity index (χ0v) is 10.9. The quantitative estimate of drug-likeness (QED) is 0.495. The van der Waals surface area contributed by atoms with Crippen molar-refractivity contribution in [1.29, 1.82) is 0 Å². The second-order valence-electron chi connectivity index (χ2n) is 3.10. The highest BCUT2D eigenvalue weighted by Gasteiger charge is 2.15. The Morgan fingerprint density at radius 2 is 2.27 bits per heavy atom. The number of rotatable bonds is 4. The Morgan fingerprint density at radius 1 is 1.40 bits per heavy atom.